The van der Waals surface area contributed by atoms with E-state index in [1.807, 2.05) is 145 Å². The summed E-state index contributed by atoms with van der Waals surface area (Å²) in [6.45, 7) is 30.9. The number of nitro groups is 2. The summed E-state index contributed by atoms with van der Waals surface area (Å²) in [6.07, 6.45) is 26.6. The summed E-state index contributed by atoms with van der Waals surface area (Å²) in [4.78, 5) is 122. The molecule has 16 rings (SSSR count). The molecule has 0 unspecified atom stereocenters. The number of hydrogen-bond donors (Lipinski definition) is 10. The fourth-order valence-corrected chi connectivity index (χ4v) is 15.4. The Kier molecular flexibility index (Phi) is 36.8. The van der Waals surface area contributed by atoms with Crippen LogP contribution < -0.4 is 54.0 Å². The summed E-state index contributed by atoms with van der Waals surface area (Å²) in [5.74, 6) is 2.16. The van der Waals surface area contributed by atoms with Gasteiger partial charge >= 0.3 is 24.4 Å². The highest BCUT2D eigenvalue weighted by atomic mass is 35.5. The van der Waals surface area contributed by atoms with Crippen LogP contribution in [0.3, 0.4) is 0 Å². The zero-order valence-electron chi connectivity index (χ0n) is 81.8. The molecule has 5 amide bonds. The Morgan fingerprint density at radius 1 is 0.366 bits per heavy atom. The van der Waals surface area contributed by atoms with Crippen molar-refractivity contribution in [2.75, 3.05) is 106 Å². The summed E-state index contributed by atoms with van der Waals surface area (Å²) >= 11 is 30.3. The van der Waals surface area contributed by atoms with Crippen molar-refractivity contribution in [3.63, 3.8) is 0 Å². The Labute approximate surface area is 860 Å². The van der Waals surface area contributed by atoms with Gasteiger partial charge in [0.15, 0.2) is 23.3 Å². The number of nitrogens with zero attached hydrogens (tertiary/aromatic N) is 22. The van der Waals surface area contributed by atoms with E-state index in [1.54, 1.807) is 99.0 Å². The number of anilines is 17. The van der Waals surface area contributed by atoms with Gasteiger partial charge in [-0.15, -0.1) is 0 Å². The number of halogens is 5. The number of non-ortho nitro benzene ring substituents is 2. The quantitative estimate of drug-likeness (QED) is 0.00752. The van der Waals surface area contributed by atoms with Crippen LogP contribution in [-0.4, -0.2) is 213 Å². The van der Waals surface area contributed by atoms with Gasteiger partial charge in [0, 0.05) is 136 Å². The molecular formula is C95H115Cl5N32O13. The molecule has 0 bridgehead atoms. The fourth-order valence-electron chi connectivity index (χ4n) is 14.7. The van der Waals surface area contributed by atoms with E-state index in [1.165, 1.54) is 55.1 Å². The van der Waals surface area contributed by atoms with Gasteiger partial charge in [0.1, 0.15) is 42.5 Å². The average molecular weight is 2090 g/mol. The number of nitro benzene ring substituents is 2. The Morgan fingerprint density at radius 2 is 0.648 bits per heavy atom. The molecule has 12 heterocycles. The van der Waals surface area contributed by atoms with Crippen LogP contribution in [0, 0.1) is 20.2 Å². The summed E-state index contributed by atoms with van der Waals surface area (Å²) in [5.41, 5.74) is 16.0. The number of nitrogens with one attached hydrogen (secondary N) is 8. The molecule has 45 nitrogen and oxygen atoms in total. The molecule has 12 N–H and O–H groups in total. The van der Waals surface area contributed by atoms with Crippen LogP contribution in [0.15, 0.2) is 184 Å². The Morgan fingerprint density at radius 3 is 0.952 bits per heavy atom. The Hall–Kier alpha value is -15.2. The van der Waals surface area contributed by atoms with Gasteiger partial charge in [0.2, 0.25) is 29.0 Å². The minimum absolute atomic E-state index is 0.0312. The first-order valence-electron chi connectivity index (χ1n) is 46.1. The van der Waals surface area contributed by atoms with Crippen molar-refractivity contribution in [1.29, 1.82) is 0 Å². The molecule has 0 saturated carbocycles. The van der Waals surface area contributed by atoms with Crippen molar-refractivity contribution < 1.29 is 52.8 Å². The zero-order valence-corrected chi connectivity index (χ0v) is 85.5. The molecule has 4 aliphatic rings. The van der Waals surface area contributed by atoms with Crippen molar-refractivity contribution in [3.05, 3.63) is 230 Å². The second-order valence-corrected chi connectivity index (χ2v) is 39.5. The van der Waals surface area contributed by atoms with Crippen LogP contribution in [0.1, 0.15) is 159 Å². The highest BCUT2D eigenvalue weighted by Crippen LogP contribution is 2.36. The van der Waals surface area contributed by atoms with Gasteiger partial charge in [0.25, 0.3) is 11.4 Å². The molecule has 4 aliphatic heterocycles. The lowest BCUT2D eigenvalue weighted by molar-refractivity contribution is -0.385. The number of benzene rings is 4. The van der Waals surface area contributed by atoms with Crippen molar-refractivity contribution >= 4 is 198 Å². The van der Waals surface area contributed by atoms with Gasteiger partial charge in [-0.25, -0.2) is 39.1 Å². The average Bonchev–Trinajstić information content (AvgIpc) is 1.73. The molecule has 4 saturated heterocycles. The third kappa shape index (κ3) is 34.0. The number of nitrogens with two attached hydrogens (primary N) is 2. The predicted octanol–water partition coefficient (Wildman–Crippen LogP) is 21.2. The van der Waals surface area contributed by atoms with Gasteiger partial charge in [0.05, 0.1) is 106 Å². The Balaban J connectivity index is 0.000000166. The maximum absolute atomic E-state index is 12.3. The van der Waals surface area contributed by atoms with Gasteiger partial charge in [-0.1, -0.05) is 77.2 Å². The first-order chi connectivity index (χ1) is 68.7. The monoisotopic (exact) mass is 2090 g/mol. The van der Waals surface area contributed by atoms with E-state index in [0.29, 0.717) is 138 Å². The molecule has 4 fully saturated rings. The molecule has 768 valence electrons. The van der Waals surface area contributed by atoms with Crippen LogP contribution in [0.5, 0.6) is 0 Å². The molecule has 0 atom stereocenters. The van der Waals surface area contributed by atoms with E-state index in [2.05, 4.69) is 109 Å². The Bertz CT molecular complexity index is 6490. The summed E-state index contributed by atoms with van der Waals surface area (Å²) in [7, 11) is 0. The van der Waals surface area contributed by atoms with E-state index < -0.39 is 32.3 Å². The summed E-state index contributed by atoms with van der Waals surface area (Å²) in [5, 5.41) is 64.9. The maximum Gasteiger partial charge on any atom is 0.410 e. The third-order valence-corrected chi connectivity index (χ3v) is 22.8. The molecule has 50 heteroatoms. The lowest BCUT2D eigenvalue weighted by Gasteiger charge is -2.33. The van der Waals surface area contributed by atoms with E-state index in [0.717, 1.165) is 68.4 Å². The summed E-state index contributed by atoms with van der Waals surface area (Å²) in [6, 6.07) is 27.3. The normalized spacial score (nSPS) is 14.2. The molecule has 0 spiro atoms. The van der Waals surface area contributed by atoms with E-state index in [4.69, 9.17) is 88.4 Å². The lowest BCUT2D eigenvalue weighted by Crippen LogP contribution is -2.42. The SMILES string of the molecule is C=CC(=O)Nc1cccc(Nc2nc(Nc3cnn(C4CCN(C(=O)OC(C)(C)C)CC4)c3)ncc2Cl)c1.CC(C)(C)OC(=O)N1CCC(n2cc(N)cn2)CC1.CC(C)(C)OC(=O)N1CCC(n2cc(Nc3ncc(Cl)c(Nc4cccc(N)c4)n3)cn2)CC1.CC(C)(C)OC(=O)N1CCC(n2cc(Nc3ncc(Cl)c(Nc4cccc([N+](=O)[O-])c4)n3)cn2)CC1.O=[N+]([O-])c1cccc(Nc2nc(Cl)ncc2Cl)c1. The standard InChI is InChI=1S/C26H31ClN8O3.C23H27ClN8O4.C23H29ClN8O2.C13H22N4O2.C10H6Cl2N4O2/c1-5-22(36)30-17-7-6-8-18(13-17)31-23-21(27)15-28-24(33-23)32-19-14-29-35(16-19)20-9-11-34(12-10-20)25(37)38-26(2,3)4;1-23(2,3)36-22(33)30-9-7-17(8-10-30)31-14-16(12-26-31)28-21-25-13-19(24)20(29-21)27-15-5-4-6-18(11-15)32(34)35;1-23(2,3)34-22(33)31-9-7-18(8-10-31)32-14-17(12-27-32)29-21-26-13-19(24)20(30-21)28-16-6-4-5-15(25)11-16;1-13(2,3)19-12(18)16-6-4-11(5-7-16)17-9-10(14)8-15-17;11-8-5-13-10(12)15-9(8)14-6-2-1-3-7(4-6)16(17)18/h5-8,13-16,20H,1,9-12H2,2-4H3,(H,30,36)(H2,28,31,32,33);4-6,11-14,17H,7-10H2,1-3H3,(H2,25,27,28,29);4-6,11-14,18H,7-10,25H2,1-3H3,(H2,26,28,29,30);8-9,11H,4-7,14H2,1-3H3;1-5H,(H,13,14,15). The number of amides is 5. The number of carbonyl (C=O) groups excluding carboxylic acids is 5. The maximum atomic E-state index is 12.3. The molecule has 145 heavy (non-hydrogen) atoms. The van der Waals surface area contributed by atoms with E-state index >= 15 is 0 Å². The summed E-state index contributed by atoms with van der Waals surface area (Å²) < 4.78 is 29.3. The van der Waals surface area contributed by atoms with Crippen molar-refractivity contribution in [2.24, 2.45) is 0 Å². The zero-order chi connectivity index (χ0) is 105. The second kappa shape index (κ2) is 49.2. The number of carbonyl (C=O) groups is 5. The minimum Gasteiger partial charge on any atom is -0.444 e. The largest absolute Gasteiger partial charge is 0.444 e. The van der Waals surface area contributed by atoms with Crippen LogP contribution in [0.4, 0.5) is 129 Å². The van der Waals surface area contributed by atoms with Gasteiger partial charge in [-0.2, -0.15) is 40.3 Å². The molecule has 0 aliphatic carbocycles. The van der Waals surface area contributed by atoms with Crippen molar-refractivity contribution in [2.45, 2.75) is 181 Å². The lowest BCUT2D eigenvalue weighted by atomic mass is 10.1. The van der Waals surface area contributed by atoms with Gasteiger partial charge < -0.3 is 92.5 Å². The number of hydrogen-bond acceptors (Lipinski definition) is 34. The van der Waals surface area contributed by atoms with Crippen molar-refractivity contribution in [3.8, 4) is 0 Å². The topological polar surface area (TPSA) is 544 Å². The number of aromatic nitrogens is 16. The molecule has 12 aromatic rings. The van der Waals surface area contributed by atoms with E-state index in [9.17, 15) is 44.2 Å². The number of ether oxygens (including phenoxy) is 4. The highest BCUT2D eigenvalue weighted by molar-refractivity contribution is 6.34. The third-order valence-electron chi connectivity index (χ3n) is 21.5. The van der Waals surface area contributed by atoms with Gasteiger partial charge in [-0.3, -0.25) is 43.8 Å². The molecule has 0 radical (unpaired) electrons. The highest BCUT2D eigenvalue weighted by Gasteiger charge is 2.34. The number of nitrogen functional groups attached to an aromatic ring is 2. The first-order valence-corrected chi connectivity index (χ1v) is 48.0. The molecule has 4 aromatic carbocycles. The number of rotatable bonds is 22. The van der Waals surface area contributed by atoms with Gasteiger partial charge in [-0.05, 0) is 201 Å². The number of likely N-dealkylation sites (tertiary alicyclic amines) is 4. The van der Waals surface area contributed by atoms with Crippen LogP contribution in [0.2, 0.25) is 25.4 Å². The fraction of sp³-hybridized carbons (Fsp3) is 0.379. The predicted molar refractivity (Wildman–Crippen MR) is 556 cm³/mol. The van der Waals surface area contributed by atoms with Crippen LogP contribution in [0.25, 0.3) is 0 Å². The number of piperidine rings is 4. The van der Waals surface area contributed by atoms with E-state index in [-0.39, 0.29) is 86.9 Å². The molecule has 8 aromatic heterocycles. The van der Waals surface area contributed by atoms with Crippen LogP contribution in [-0.2, 0) is 23.7 Å². The molecular weight excluding hydrogens is 1970 g/mol. The second-order valence-electron chi connectivity index (χ2n) is 37.6. The van der Waals surface area contributed by atoms with Crippen molar-refractivity contribution in [1.82, 2.24) is 98.6 Å². The smallest absolute Gasteiger partial charge is 0.410 e. The van der Waals surface area contributed by atoms with Crippen LogP contribution >= 0.6 is 58.0 Å². The minimum atomic E-state index is -0.519. The first kappa shape index (κ1) is 109.